The quantitative estimate of drug-likeness (QED) is 0.769. The van der Waals surface area contributed by atoms with Gasteiger partial charge in [0.1, 0.15) is 10.8 Å². The summed E-state index contributed by atoms with van der Waals surface area (Å²) in [6, 6.07) is 0. The van der Waals surface area contributed by atoms with E-state index in [4.69, 9.17) is 0 Å². The van der Waals surface area contributed by atoms with Crippen molar-refractivity contribution >= 4 is 33.9 Å². The number of aryl methyl sites for hydroxylation is 1. The highest BCUT2D eigenvalue weighted by molar-refractivity contribution is 7.17. The molecule has 1 aromatic rings. The first-order valence-electron chi connectivity index (χ1n) is 9.82. The van der Waals surface area contributed by atoms with Crippen LogP contribution in [0.3, 0.4) is 0 Å². The largest absolute Gasteiger partial charge is 0.352 e. The zero-order chi connectivity index (χ0) is 18.3. The number of fused-ring (bicyclic) bond motifs is 1. The number of carbonyl (C=O) groups excluding carboxylic acids is 3. The molecule has 140 valence electrons. The number of hydrogen-bond acceptors (Lipinski definition) is 4. The van der Waals surface area contributed by atoms with Crippen LogP contribution in [-0.2, 0) is 22.4 Å². The fraction of sp³-hybridized carbons (Fsp3) is 0.650. The number of anilines is 1. The van der Waals surface area contributed by atoms with E-state index in [1.807, 2.05) is 0 Å². The van der Waals surface area contributed by atoms with Crippen LogP contribution in [0.1, 0.15) is 66.2 Å². The molecule has 2 saturated carbocycles. The highest BCUT2D eigenvalue weighted by atomic mass is 32.1. The molecule has 2 amide bonds. The molecule has 0 saturated heterocycles. The van der Waals surface area contributed by atoms with Crippen molar-refractivity contribution in [1.29, 1.82) is 0 Å². The van der Waals surface area contributed by atoms with E-state index in [9.17, 15) is 14.4 Å². The highest BCUT2D eigenvalue weighted by Gasteiger charge is 2.37. The van der Waals surface area contributed by atoms with Crippen LogP contribution in [0.4, 0.5) is 5.00 Å². The van der Waals surface area contributed by atoms with Crippen molar-refractivity contribution in [2.75, 3.05) is 11.9 Å². The Kier molecular flexibility index (Phi) is 4.86. The van der Waals surface area contributed by atoms with Gasteiger partial charge in [-0.05, 0) is 43.1 Å². The summed E-state index contributed by atoms with van der Waals surface area (Å²) in [5.74, 6) is 1.47. The highest BCUT2D eigenvalue weighted by Crippen LogP contribution is 2.42. The molecule has 2 atom stereocenters. The van der Waals surface area contributed by atoms with Crippen LogP contribution in [0, 0.1) is 17.8 Å². The van der Waals surface area contributed by atoms with E-state index in [0.717, 1.165) is 29.2 Å². The van der Waals surface area contributed by atoms with Gasteiger partial charge in [0.25, 0.3) is 5.91 Å². The van der Waals surface area contributed by atoms with Crippen LogP contribution in [0.5, 0.6) is 0 Å². The summed E-state index contributed by atoms with van der Waals surface area (Å²) in [6.45, 7) is 2.88. The summed E-state index contributed by atoms with van der Waals surface area (Å²) in [5.41, 5.74) is 1.38. The van der Waals surface area contributed by atoms with Crippen molar-refractivity contribution in [3.63, 3.8) is 0 Å². The summed E-state index contributed by atoms with van der Waals surface area (Å²) in [7, 11) is 0. The first-order valence-corrected chi connectivity index (χ1v) is 10.6. The summed E-state index contributed by atoms with van der Waals surface area (Å²) < 4.78 is 0. The zero-order valence-corrected chi connectivity index (χ0v) is 16.0. The molecule has 4 rings (SSSR count). The van der Waals surface area contributed by atoms with E-state index >= 15 is 0 Å². The summed E-state index contributed by atoms with van der Waals surface area (Å²) >= 11 is 1.48. The summed E-state index contributed by atoms with van der Waals surface area (Å²) in [6.07, 6.45) is 6.99. The molecule has 1 aromatic heterocycles. The molecule has 3 aliphatic rings. The lowest BCUT2D eigenvalue weighted by atomic mass is 9.94. The van der Waals surface area contributed by atoms with E-state index in [0.29, 0.717) is 42.3 Å². The number of hydrogen-bond donors (Lipinski definition) is 2. The van der Waals surface area contributed by atoms with Crippen LogP contribution in [-0.4, -0.2) is 24.1 Å². The first kappa shape index (κ1) is 17.7. The molecule has 26 heavy (non-hydrogen) atoms. The number of thiophene rings is 1. The van der Waals surface area contributed by atoms with Gasteiger partial charge >= 0.3 is 0 Å². The van der Waals surface area contributed by atoms with Gasteiger partial charge in [0.15, 0.2) is 0 Å². The minimum absolute atomic E-state index is 0.00850. The number of amides is 2. The Hall–Kier alpha value is -1.69. The Labute approximate surface area is 157 Å². The first-order chi connectivity index (χ1) is 12.6. The molecule has 2 N–H and O–H groups in total. The molecule has 2 unspecified atom stereocenters. The fourth-order valence-electron chi connectivity index (χ4n) is 3.92. The molecule has 3 aliphatic carbocycles. The fourth-order valence-corrected chi connectivity index (χ4v) is 5.14. The average molecular weight is 375 g/mol. The number of ketones is 1. The molecular weight excluding hydrogens is 348 g/mol. The number of Topliss-reactive ketones (excluding diaryl/α,β-unsaturated/α-hetero) is 1. The lowest BCUT2D eigenvalue weighted by Crippen LogP contribution is -2.28. The van der Waals surface area contributed by atoms with Crippen molar-refractivity contribution < 1.29 is 14.4 Å². The Morgan fingerprint density at radius 1 is 1.19 bits per heavy atom. The van der Waals surface area contributed by atoms with Crippen molar-refractivity contribution in [1.82, 2.24) is 5.32 Å². The van der Waals surface area contributed by atoms with Crippen molar-refractivity contribution in [2.45, 2.75) is 58.3 Å². The number of rotatable bonds is 7. The van der Waals surface area contributed by atoms with Crippen molar-refractivity contribution in [3.8, 4) is 0 Å². The van der Waals surface area contributed by atoms with Gasteiger partial charge in [-0.15, -0.1) is 11.3 Å². The smallest absolute Gasteiger partial charge is 0.254 e. The Bertz CT molecular complexity index is 750. The van der Waals surface area contributed by atoms with Gasteiger partial charge in [-0.1, -0.05) is 19.8 Å². The lowest BCUT2D eigenvalue weighted by Gasteiger charge is -2.13. The molecule has 0 aliphatic heterocycles. The van der Waals surface area contributed by atoms with Gasteiger partial charge in [-0.25, -0.2) is 0 Å². The molecular formula is C20H26N2O3S. The Morgan fingerprint density at radius 3 is 2.73 bits per heavy atom. The minimum Gasteiger partial charge on any atom is -0.352 e. The molecule has 6 heteroatoms. The Morgan fingerprint density at radius 2 is 2.00 bits per heavy atom. The van der Waals surface area contributed by atoms with Crippen molar-refractivity contribution in [2.24, 2.45) is 17.8 Å². The van der Waals surface area contributed by atoms with Gasteiger partial charge in [0.05, 0.1) is 5.56 Å². The molecule has 2 fully saturated rings. The second-order valence-corrected chi connectivity index (χ2v) is 9.05. The van der Waals surface area contributed by atoms with Crippen LogP contribution in [0.2, 0.25) is 0 Å². The number of nitrogens with one attached hydrogen (secondary N) is 2. The normalized spacial score (nSPS) is 24.1. The Balaban J connectivity index is 1.50. The second-order valence-electron chi connectivity index (χ2n) is 7.94. The minimum atomic E-state index is -0.134. The van der Waals surface area contributed by atoms with Crippen LogP contribution >= 0.6 is 11.3 Å². The second kappa shape index (κ2) is 7.14. The topological polar surface area (TPSA) is 75.3 Å². The third-order valence-corrected chi connectivity index (χ3v) is 6.97. The third kappa shape index (κ3) is 3.70. The maximum absolute atomic E-state index is 12.9. The van der Waals surface area contributed by atoms with Crippen LogP contribution < -0.4 is 10.6 Å². The molecule has 0 bridgehead atoms. The average Bonchev–Trinajstić information content (AvgIpc) is 3.51. The zero-order valence-electron chi connectivity index (χ0n) is 15.2. The van der Waals surface area contributed by atoms with Crippen LogP contribution in [0.25, 0.3) is 0 Å². The maximum atomic E-state index is 12.9. The van der Waals surface area contributed by atoms with E-state index in [1.165, 1.54) is 30.6 Å². The van der Waals surface area contributed by atoms with Gasteiger partial charge < -0.3 is 10.6 Å². The van der Waals surface area contributed by atoms with E-state index in [-0.39, 0.29) is 23.5 Å². The monoisotopic (exact) mass is 374 g/mol. The van der Waals surface area contributed by atoms with Gasteiger partial charge in [0, 0.05) is 30.2 Å². The van der Waals surface area contributed by atoms with Gasteiger partial charge in [-0.2, -0.15) is 0 Å². The molecule has 0 radical (unpaired) electrons. The van der Waals surface area contributed by atoms with Crippen LogP contribution in [0.15, 0.2) is 0 Å². The number of carbonyl (C=O) groups is 3. The predicted octanol–water partition coefficient (Wildman–Crippen LogP) is 3.32. The molecule has 1 heterocycles. The maximum Gasteiger partial charge on any atom is 0.254 e. The SMILES string of the molecule is CCCC1CC1CNC(=O)c1c(NC(=O)C2CC2)sc2c1CC(=O)CC2. The molecule has 0 spiro atoms. The van der Waals surface area contributed by atoms with Crippen molar-refractivity contribution in [3.05, 3.63) is 16.0 Å². The lowest BCUT2D eigenvalue weighted by molar-refractivity contribution is -0.119. The summed E-state index contributed by atoms with van der Waals surface area (Å²) in [4.78, 5) is 38.1. The summed E-state index contributed by atoms with van der Waals surface area (Å²) in [5, 5.41) is 6.67. The third-order valence-electron chi connectivity index (χ3n) is 5.76. The molecule has 0 aromatic carbocycles. The molecule has 5 nitrogen and oxygen atoms in total. The standard InChI is InChI=1S/C20H26N2O3S/c1-2-3-12-8-13(12)10-21-19(25)17-15-9-14(23)6-7-16(15)26-20(17)22-18(24)11-4-5-11/h11-13H,2-10H2,1H3,(H,21,25)(H,22,24). The predicted molar refractivity (Wildman–Crippen MR) is 102 cm³/mol. The van der Waals surface area contributed by atoms with E-state index in [1.54, 1.807) is 0 Å². The van der Waals surface area contributed by atoms with E-state index in [2.05, 4.69) is 17.6 Å². The van der Waals surface area contributed by atoms with Gasteiger partial charge in [-0.3, -0.25) is 14.4 Å². The van der Waals surface area contributed by atoms with E-state index < -0.39 is 0 Å². The van der Waals surface area contributed by atoms with Gasteiger partial charge in [0.2, 0.25) is 5.91 Å².